The van der Waals surface area contributed by atoms with Crippen molar-refractivity contribution in [2.75, 3.05) is 16.8 Å². The predicted octanol–water partition coefficient (Wildman–Crippen LogP) is 4.59. The number of anilines is 4. The first-order valence-electron chi connectivity index (χ1n) is 8.26. The molecule has 0 unspecified atom stereocenters. The molecule has 0 bridgehead atoms. The standard InChI is InChI=1S/C19H19N5O2/c1-3-23(15-10-5-4-6-11-15)19-17(24(25)26)18(20-13-21-19)22-16-12-8-7-9-14(16)2/h4-13H,3H2,1-2H3,(H,20,21,22). The monoisotopic (exact) mass is 349 g/mol. The van der Waals surface area contributed by atoms with Crippen molar-refractivity contribution in [3.8, 4) is 0 Å². The Kier molecular flexibility index (Phi) is 5.07. The first kappa shape index (κ1) is 17.3. The van der Waals surface area contributed by atoms with Crippen LogP contribution in [0.3, 0.4) is 0 Å². The van der Waals surface area contributed by atoms with Crippen molar-refractivity contribution in [2.45, 2.75) is 13.8 Å². The minimum Gasteiger partial charge on any atom is -0.334 e. The third kappa shape index (κ3) is 3.46. The van der Waals surface area contributed by atoms with Gasteiger partial charge in [-0.2, -0.15) is 0 Å². The van der Waals surface area contributed by atoms with E-state index in [0.29, 0.717) is 6.54 Å². The maximum absolute atomic E-state index is 11.8. The van der Waals surface area contributed by atoms with Gasteiger partial charge in [0.05, 0.1) is 4.92 Å². The molecule has 132 valence electrons. The van der Waals surface area contributed by atoms with Gasteiger partial charge >= 0.3 is 5.69 Å². The predicted molar refractivity (Wildman–Crippen MR) is 102 cm³/mol. The number of nitrogens with zero attached hydrogens (tertiary/aromatic N) is 4. The summed E-state index contributed by atoms with van der Waals surface area (Å²) in [5, 5.41) is 14.9. The van der Waals surface area contributed by atoms with Crippen LogP contribution in [-0.4, -0.2) is 21.4 Å². The molecule has 1 heterocycles. The molecule has 0 saturated carbocycles. The number of nitrogens with one attached hydrogen (secondary N) is 1. The highest BCUT2D eigenvalue weighted by atomic mass is 16.6. The molecule has 0 radical (unpaired) electrons. The van der Waals surface area contributed by atoms with E-state index in [9.17, 15) is 10.1 Å². The molecule has 0 aliphatic rings. The number of rotatable bonds is 6. The summed E-state index contributed by atoms with van der Waals surface area (Å²) < 4.78 is 0. The molecule has 3 rings (SSSR count). The van der Waals surface area contributed by atoms with E-state index in [1.54, 1.807) is 4.90 Å². The van der Waals surface area contributed by atoms with Gasteiger partial charge in [0.25, 0.3) is 0 Å². The molecule has 0 spiro atoms. The van der Waals surface area contributed by atoms with Gasteiger partial charge < -0.3 is 10.2 Å². The number of nitro groups is 1. The van der Waals surface area contributed by atoms with Crippen LogP contribution in [0.1, 0.15) is 12.5 Å². The highest BCUT2D eigenvalue weighted by molar-refractivity contribution is 5.78. The van der Waals surface area contributed by atoms with E-state index in [-0.39, 0.29) is 17.3 Å². The first-order chi connectivity index (χ1) is 12.6. The summed E-state index contributed by atoms with van der Waals surface area (Å²) in [6.45, 7) is 4.39. The topological polar surface area (TPSA) is 84.2 Å². The van der Waals surface area contributed by atoms with Crippen LogP contribution >= 0.6 is 0 Å². The molecule has 0 fully saturated rings. The van der Waals surface area contributed by atoms with E-state index >= 15 is 0 Å². The number of para-hydroxylation sites is 2. The smallest absolute Gasteiger partial charge is 0.334 e. The van der Waals surface area contributed by atoms with E-state index in [1.807, 2.05) is 68.4 Å². The summed E-state index contributed by atoms with van der Waals surface area (Å²) in [6, 6.07) is 17.0. The summed E-state index contributed by atoms with van der Waals surface area (Å²) in [7, 11) is 0. The SMILES string of the molecule is CCN(c1ccccc1)c1ncnc(Nc2ccccc2C)c1[N+](=O)[O-]. The van der Waals surface area contributed by atoms with E-state index in [1.165, 1.54) is 6.33 Å². The van der Waals surface area contributed by atoms with Crippen LogP contribution in [0.4, 0.5) is 28.7 Å². The molecule has 7 heteroatoms. The zero-order chi connectivity index (χ0) is 18.5. The first-order valence-corrected chi connectivity index (χ1v) is 8.26. The lowest BCUT2D eigenvalue weighted by Gasteiger charge is -2.22. The van der Waals surface area contributed by atoms with E-state index in [0.717, 1.165) is 16.9 Å². The van der Waals surface area contributed by atoms with E-state index in [4.69, 9.17) is 0 Å². The third-order valence-corrected chi connectivity index (χ3v) is 4.02. The molecule has 7 nitrogen and oxygen atoms in total. The average Bonchev–Trinajstić information content (AvgIpc) is 2.65. The van der Waals surface area contributed by atoms with Crippen LogP contribution in [0.5, 0.6) is 0 Å². The molecule has 1 aromatic heterocycles. The number of hydrogen-bond acceptors (Lipinski definition) is 6. The van der Waals surface area contributed by atoms with Crippen LogP contribution in [0.2, 0.25) is 0 Å². The van der Waals surface area contributed by atoms with Crippen molar-refractivity contribution in [1.82, 2.24) is 9.97 Å². The van der Waals surface area contributed by atoms with Crippen molar-refractivity contribution in [2.24, 2.45) is 0 Å². The fraction of sp³-hybridized carbons (Fsp3) is 0.158. The van der Waals surface area contributed by atoms with Gasteiger partial charge in [-0.3, -0.25) is 10.1 Å². The average molecular weight is 349 g/mol. The highest BCUT2D eigenvalue weighted by Gasteiger charge is 2.27. The minimum absolute atomic E-state index is 0.151. The van der Waals surface area contributed by atoms with Gasteiger partial charge in [0.1, 0.15) is 6.33 Å². The molecule has 2 aromatic carbocycles. The lowest BCUT2D eigenvalue weighted by molar-refractivity contribution is -0.383. The van der Waals surface area contributed by atoms with Gasteiger partial charge in [-0.05, 0) is 37.6 Å². The molecular formula is C19H19N5O2. The van der Waals surface area contributed by atoms with Crippen LogP contribution in [0, 0.1) is 17.0 Å². The normalized spacial score (nSPS) is 10.4. The second kappa shape index (κ2) is 7.60. The van der Waals surface area contributed by atoms with Gasteiger partial charge in [-0.25, -0.2) is 9.97 Å². The van der Waals surface area contributed by atoms with Crippen LogP contribution in [-0.2, 0) is 0 Å². The molecule has 0 saturated heterocycles. The Morgan fingerprint density at radius 1 is 1.08 bits per heavy atom. The summed E-state index contributed by atoms with van der Waals surface area (Å²) in [5.74, 6) is 0.429. The molecule has 0 aliphatic carbocycles. The summed E-state index contributed by atoms with van der Waals surface area (Å²) in [6.07, 6.45) is 1.34. The zero-order valence-electron chi connectivity index (χ0n) is 14.6. The second-order valence-electron chi connectivity index (χ2n) is 5.67. The summed E-state index contributed by atoms with van der Waals surface area (Å²) in [4.78, 5) is 21.5. The molecule has 0 aliphatic heterocycles. The highest BCUT2D eigenvalue weighted by Crippen LogP contribution is 2.37. The van der Waals surface area contributed by atoms with Gasteiger partial charge in [0.15, 0.2) is 0 Å². The third-order valence-electron chi connectivity index (χ3n) is 4.02. The second-order valence-corrected chi connectivity index (χ2v) is 5.67. The molecule has 0 atom stereocenters. The van der Waals surface area contributed by atoms with Crippen LogP contribution in [0.15, 0.2) is 60.9 Å². The van der Waals surface area contributed by atoms with Gasteiger partial charge in [-0.15, -0.1) is 0 Å². The van der Waals surface area contributed by atoms with Crippen molar-refractivity contribution in [3.05, 3.63) is 76.6 Å². The minimum atomic E-state index is -0.443. The van der Waals surface area contributed by atoms with Gasteiger partial charge in [0, 0.05) is 17.9 Å². The van der Waals surface area contributed by atoms with Gasteiger partial charge in [0.2, 0.25) is 11.6 Å². The largest absolute Gasteiger partial charge is 0.354 e. The molecular weight excluding hydrogens is 330 g/mol. The number of aromatic nitrogens is 2. The van der Waals surface area contributed by atoms with Crippen molar-refractivity contribution >= 4 is 28.7 Å². The molecule has 26 heavy (non-hydrogen) atoms. The van der Waals surface area contributed by atoms with Crippen molar-refractivity contribution in [3.63, 3.8) is 0 Å². The number of benzene rings is 2. The molecule has 1 N–H and O–H groups in total. The molecule has 0 amide bonds. The van der Waals surface area contributed by atoms with E-state index < -0.39 is 4.92 Å². The Bertz CT molecular complexity index is 915. The quantitative estimate of drug-likeness (QED) is 0.517. The van der Waals surface area contributed by atoms with Crippen molar-refractivity contribution < 1.29 is 4.92 Å². The Hall–Kier alpha value is -3.48. The lowest BCUT2D eigenvalue weighted by Crippen LogP contribution is -2.19. The Labute approximate surface area is 151 Å². The number of aryl methyl sites for hydroxylation is 1. The maximum atomic E-state index is 11.8. The zero-order valence-corrected chi connectivity index (χ0v) is 14.6. The lowest BCUT2D eigenvalue weighted by atomic mass is 10.2. The molecule has 3 aromatic rings. The summed E-state index contributed by atoms with van der Waals surface area (Å²) in [5.41, 5.74) is 2.42. The Morgan fingerprint density at radius 3 is 2.42 bits per heavy atom. The van der Waals surface area contributed by atoms with Crippen LogP contribution < -0.4 is 10.2 Å². The Balaban J connectivity index is 2.09. The fourth-order valence-corrected chi connectivity index (χ4v) is 2.73. The number of hydrogen-bond donors (Lipinski definition) is 1. The van der Waals surface area contributed by atoms with E-state index in [2.05, 4.69) is 15.3 Å². The van der Waals surface area contributed by atoms with Gasteiger partial charge in [-0.1, -0.05) is 36.4 Å². The maximum Gasteiger partial charge on any atom is 0.354 e. The Morgan fingerprint density at radius 2 is 1.77 bits per heavy atom. The summed E-state index contributed by atoms with van der Waals surface area (Å²) >= 11 is 0. The van der Waals surface area contributed by atoms with Crippen LogP contribution in [0.25, 0.3) is 0 Å². The van der Waals surface area contributed by atoms with Crippen molar-refractivity contribution in [1.29, 1.82) is 0 Å². The fourth-order valence-electron chi connectivity index (χ4n) is 2.73.